The van der Waals surface area contributed by atoms with Crippen molar-refractivity contribution < 1.29 is 14.3 Å². The Labute approximate surface area is 172 Å². The van der Waals surface area contributed by atoms with Crippen molar-refractivity contribution in [1.29, 1.82) is 0 Å². The average molecular weight is 406 g/mol. The molecular formula is C22H22N4O4. The highest BCUT2D eigenvalue weighted by Crippen LogP contribution is 2.26. The smallest absolute Gasteiger partial charge is 0.290 e. The monoisotopic (exact) mass is 406 g/mol. The molecule has 0 aliphatic carbocycles. The molecule has 8 heteroatoms. The van der Waals surface area contributed by atoms with Crippen molar-refractivity contribution in [3.8, 4) is 5.75 Å². The van der Waals surface area contributed by atoms with Crippen LogP contribution in [0.1, 0.15) is 41.5 Å². The van der Waals surface area contributed by atoms with Crippen LogP contribution in [0.3, 0.4) is 0 Å². The van der Waals surface area contributed by atoms with Crippen LogP contribution in [0.4, 0.5) is 0 Å². The number of hydrogen-bond donors (Lipinski definition) is 2. The molecule has 2 amide bonds. The third-order valence-electron chi connectivity index (χ3n) is 4.97. The molecule has 0 saturated heterocycles. The molecule has 0 radical (unpaired) electrons. The van der Waals surface area contributed by atoms with Crippen LogP contribution in [0.15, 0.2) is 47.3 Å². The van der Waals surface area contributed by atoms with E-state index in [0.717, 1.165) is 23.3 Å². The Kier molecular flexibility index (Phi) is 5.22. The van der Waals surface area contributed by atoms with Gasteiger partial charge < -0.3 is 4.74 Å². The number of carbonyl (C=O) groups excluding carboxylic acids is 2. The molecule has 0 saturated carbocycles. The van der Waals surface area contributed by atoms with Gasteiger partial charge in [-0.05, 0) is 37.1 Å². The molecule has 0 fully saturated rings. The summed E-state index contributed by atoms with van der Waals surface area (Å²) >= 11 is 0. The van der Waals surface area contributed by atoms with Gasteiger partial charge in [0.05, 0.1) is 24.5 Å². The first kappa shape index (κ1) is 19.6. The van der Waals surface area contributed by atoms with Crippen molar-refractivity contribution in [3.05, 3.63) is 69.6 Å². The van der Waals surface area contributed by atoms with E-state index in [-0.39, 0.29) is 29.6 Å². The number of hydrazine groups is 1. The fourth-order valence-corrected chi connectivity index (χ4v) is 3.49. The number of nitrogens with zero attached hydrogens (tertiary/aromatic N) is 2. The van der Waals surface area contributed by atoms with E-state index in [9.17, 15) is 14.4 Å². The standard InChI is InChI=1S/C22H22N4O4/c1-13(2)26-22(29)17-6-4-3-5-16(17)20(25-26)21(28)24-23-19(27)12-14-7-8-18-15(11-14)9-10-30-18/h3-8,11,13H,9-10,12H2,1-2H3,(H,23,27)(H,24,28). The number of aromatic nitrogens is 2. The second-order valence-electron chi connectivity index (χ2n) is 7.46. The highest BCUT2D eigenvalue weighted by atomic mass is 16.5. The quantitative estimate of drug-likeness (QED) is 0.645. The van der Waals surface area contributed by atoms with Crippen LogP contribution in [-0.2, 0) is 17.6 Å². The first-order valence-corrected chi connectivity index (χ1v) is 9.79. The molecule has 1 aliphatic rings. The number of ether oxygens (including phenoxy) is 1. The van der Waals surface area contributed by atoms with Crippen LogP contribution in [-0.4, -0.2) is 28.2 Å². The zero-order chi connectivity index (χ0) is 21.3. The van der Waals surface area contributed by atoms with Gasteiger partial charge in [-0.15, -0.1) is 0 Å². The first-order valence-electron chi connectivity index (χ1n) is 9.79. The van der Waals surface area contributed by atoms with E-state index in [0.29, 0.717) is 17.4 Å². The predicted molar refractivity (Wildman–Crippen MR) is 111 cm³/mol. The van der Waals surface area contributed by atoms with Gasteiger partial charge in [0.2, 0.25) is 5.91 Å². The lowest BCUT2D eigenvalue weighted by atomic mass is 10.1. The number of hydrogen-bond acceptors (Lipinski definition) is 5. The maximum Gasteiger partial charge on any atom is 0.290 e. The predicted octanol–water partition coefficient (Wildman–Crippen LogP) is 1.92. The zero-order valence-corrected chi connectivity index (χ0v) is 16.8. The molecule has 2 aromatic carbocycles. The van der Waals surface area contributed by atoms with Crippen LogP contribution in [0.25, 0.3) is 10.8 Å². The lowest BCUT2D eigenvalue weighted by Crippen LogP contribution is -2.43. The first-order chi connectivity index (χ1) is 14.4. The number of fused-ring (bicyclic) bond motifs is 2. The summed E-state index contributed by atoms with van der Waals surface area (Å²) in [5.41, 5.74) is 6.57. The molecule has 3 aromatic rings. The maximum absolute atomic E-state index is 12.7. The Morgan fingerprint density at radius 2 is 1.90 bits per heavy atom. The minimum absolute atomic E-state index is 0.0777. The molecule has 154 valence electrons. The number of carbonyl (C=O) groups is 2. The molecule has 2 heterocycles. The fourth-order valence-electron chi connectivity index (χ4n) is 3.49. The topological polar surface area (TPSA) is 102 Å². The summed E-state index contributed by atoms with van der Waals surface area (Å²) in [5.74, 6) is -0.0919. The molecular weight excluding hydrogens is 384 g/mol. The molecule has 2 N–H and O–H groups in total. The third-order valence-corrected chi connectivity index (χ3v) is 4.97. The Bertz CT molecular complexity index is 1200. The SMILES string of the molecule is CC(C)n1nc(C(=O)NNC(=O)Cc2ccc3c(c2)CCO3)c2ccccc2c1=O. The van der Waals surface area contributed by atoms with Gasteiger partial charge in [0.1, 0.15) is 5.75 Å². The molecule has 1 aromatic heterocycles. The lowest BCUT2D eigenvalue weighted by Gasteiger charge is -2.14. The van der Waals surface area contributed by atoms with Gasteiger partial charge in [-0.2, -0.15) is 5.10 Å². The molecule has 1 aliphatic heterocycles. The minimum Gasteiger partial charge on any atom is -0.493 e. The van der Waals surface area contributed by atoms with Crippen molar-refractivity contribution in [2.45, 2.75) is 32.7 Å². The van der Waals surface area contributed by atoms with Gasteiger partial charge in [0.15, 0.2) is 5.69 Å². The van der Waals surface area contributed by atoms with Crippen molar-refractivity contribution in [1.82, 2.24) is 20.6 Å². The van der Waals surface area contributed by atoms with Crippen LogP contribution in [0.5, 0.6) is 5.75 Å². The average Bonchev–Trinajstić information content (AvgIpc) is 3.20. The third kappa shape index (κ3) is 3.76. The van der Waals surface area contributed by atoms with Gasteiger partial charge in [0, 0.05) is 11.8 Å². The minimum atomic E-state index is -0.587. The van der Waals surface area contributed by atoms with Crippen LogP contribution < -0.4 is 21.1 Å². The molecule has 0 bridgehead atoms. The lowest BCUT2D eigenvalue weighted by molar-refractivity contribution is -0.121. The summed E-state index contributed by atoms with van der Waals surface area (Å²) in [7, 11) is 0. The summed E-state index contributed by atoms with van der Waals surface area (Å²) < 4.78 is 6.74. The number of nitrogens with one attached hydrogen (secondary N) is 2. The largest absolute Gasteiger partial charge is 0.493 e. The van der Waals surface area contributed by atoms with E-state index < -0.39 is 5.91 Å². The summed E-state index contributed by atoms with van der Waals surface area (Å²) in [6.07, 6.45) is 0.944. The van der Waals surface area contributed by atoms with Crippen molar-refractivity contribution in [2.24, 2.45) is 0 Å². The highest BCUT2D eigenvalue weighted by molar-refractivity contribution is 6.05. The second-order valence-corrected chi connectivity index (χ2v) is 7.46. The van der Waals surface area contributed by atoms with Crippen molar-refractivity contribution >= 4 is 22.6 Å². The second kappa shape index (κ2) is 7.98. The van der Waals surface area contributed by atoms with Gasteiger partial charge in [-0.1, -0.05) is 30.3 Å². The number of rotatable bonds is 4. The Balaban J connectivity index is 1.50. The molecule has 0 spiro atoms. The van der Waals surface area contributed by atoms with E-state index >= 15 is 0 Å². The van der Waals surface area contributed by atoms with E-state index in [1.165, 1.54) is 4.68 Å². The summed E-state index contributed by atoms with van der Waals surface area (Å²) in [6, 6.07) is 12.2. The maximum atomic E-state index is 12.7. The number of amides is 2. The molecule has 0 unspecified atom stereocenters. The van der Waals surface area contributed by atoms with Crippen LogP contribution in [0.2, 0.25) is 0 Å². The normalized spacial score (nSPS) is 12.5. The van der Waals surface area contributed by atoms with Crippen LogP contribution >= 0.6 is 0 Å². The number of benzene rings is 2. The van der Waals surface area contributed by atoms with Crippen molar-refractivity contribution in [2.75, 3.05) is 6.61 Å². The van der Waals surface area contributed by atoms with Gasteiger partial charge in [0.25, 0.3) is 11.5 Å². The Morgan fingerprint density at radius 1 is 1.13 bits per heavy atom. The van der Waals surface area contributed by atoms with E-state index in [2.05, 4.69) is 16.0 Å². The van der Waals surface area contributed by atoms with Crippen LogP contribution in [0, 0.1) is 0 Å². The van der Waals surface area contributed by atoms with Gasteiger partial charge in [-0.25, -0.2) is 4.68 Å². The zero-order valence-electron chi connectivity index (χ0n) is 16.8. The van der Waals surface area contributed by atoms with Crippen molar-refractivity contribution in [3.63, 3.8) is 0 Å². The molecule has 0 atom stereocenters. The summed E-state index contributed by atoms with van der Waals surface area (Å²) in [4.78, 5) is 37.6. The fraction of sp³-hybridized carbons (Fsp3) is 0.273. The molecule has 4 rings (SSSR count). The van der Waals surface area contributed by atoms with Gasteiger partial charge >= 0.3 is 0 Å². The van der Waals surface area contributed by atoms with E-state index in [1.807, 2.05) is 32.0 Å². The van der Waals surface area contributed by atoms with E-state index in [4.69, 9.17) is 4.74 Å². The molecule has 30 heavy (non-hydrogen) atoms. The molecule has 8 nitrogen and oxygen atoms in total. The summed E-state index contributed by atoms with van der Waals surface area (Å²) in [5, 5.41) is 5.06. The highest BCUT2D eigenvalue weighted by Gasteiger charge is 2.19. The van der Waals surface area contributed by atoms with Gasteiger partial charge in [-0.3, -0.25) is 25.2 Å². The summed E-state index contributed by atoms with van der Waals surface area (Å²) in [6.45, 7) is 4.28. The Hall–Kier alpha value is -3.68. The Morgan fingerprint density at radius 3 is 2.67 bits per heavy atom. The van der Waals surface area contributed by atoms with E-state index in [1.54, 1.807) is 24.3 Å².